The molecule has 0 fully saturated rings. The maximum atomic E-state index is 11.7. The Morgan fingerprint density at radius 3 is 2.59 bits per heavy atom. The van der Waals surface area contributed by atoms with Crippen molar-refractivity contribution < 1.29 is 14.4 Å². The van der Waals surface area contributed by atoms with E-state index in [2.05, 4.69) is 5.48 Å². The molecule has 0 aliphatic rings. The van der Waals surface area contributed by atoms with Crippen molar-refractivity contribution in [3.05, 3.63) is 30.3 Å². The van der Waals surface area contributed by atoms with Crippen molar-refractivity contribution in [2.45, 2.75) is 26.7 Å². The summed E-state index contributed by atoms with van der Waals surface area (Å²) in [5, 5.41) is 0. The van der Waals surface area contributed by atoms with E-state index in [-0.39, 0.29) is 5.97 Å². The minimum atomic E-state index is -0.664. The normalized spacial score (nSPS) is 10.7. The molecule has 0 radical (unpaired) electrons. The van der Waals surface area contributed by atoms with E-state index in [4.69, 9.17) is 4.84 Å². The smallest absolute Gasteiger partial charge is 0.337 e. The fraction of sp³-hybridized carbons (Fsp3) is 0.385. The molecule has 0 spiro atoms. The third-order valence-electron chi connectivity index (χ3n) is 2.48. The standard InChI is InChI=1S/C13H17NO3/c1-13(2,9-6-10-15)12(16)17-14-11-7-4-3-5-8-11/h3-5,7-8,10,14H,6,9H2,1-2H3. The number of anilines is 1. The summed E-state index contributed by atoms with van der Waals surface area (Å²) in [6.07, 6.45) is 1.64. The zero-order valence-corrected chi connectivity index (χ0v) is 10.1. The van der Waals surface area contributed by atoms with Crippen molar-refractivity contribution in [1.82, 2.24) is 0 Å². The molecule has 0 aliphatic carbocycles. The third-order valence-corrected chi connectivity index (χ3v) is 2.48. The summed E-state index contributed by atoms with van der Waals surface area (Å²) in [4.78, 5) is 27.0. The highest BCUT2D eigenvalue weighted by atomic mass is 16.7. The summed E-state index contributed by atoms with van der Waals surface area (Å²) in [7, 11) is 0. The van der Waals surface area contributed by atoms with Crippen molar-refractivity contribution in [2.24, 2.45) is 5.41 Å². The van der Waals surface area contributed by atoms with Gasteiger partial charge in [0.1, 0.15) is 6.29 Å². The van der Waals surface area contributed by atoms with Gasteiger partial charge in [-0.3, -0.25) is 0 Å². The van der Waals surface area contributed by atoms with E-state index in [0.29, 0.717) is 18.5 Å². The topological polar surface area (TPSA) is 55.4 Å². The predicted molar refractivity (Wildman–Crippen MR) is 65.2 cm³/mol. The first kappa shape index (κ1) is 13.2. The van der Waals surface area contributed by atoms with E-state index in [1.165, 1.54) is 0 Å². The lowest BCUT2D eigenvalue weighted by Crippen LogP contribution is -2.28. The van der Waals surface area contributed by atoms with Crippen molar-refractivity contribution >= 4 is 17.9 Å². The second-order valence-electron chi connectivity index (χ2n) is 4.45. The average Bonchev–Trinajstić information content (AvgIpc) is 2.34. The van der Waals surface area contributed by atoms with Gasteiger partial charge >= 0.3 is 5.97 Å². The van der Waals surface area contributed by atoms with Gasteiger partial charge in [-0.15, -0.1) is 0 Å². The highest BCUT2D eigenvalue weighted by molar-refractivity contribution is 5.77. The van der Waals surface area contributed by atoms with Crippen LogP contribution in [0.1, 0.15) is 26.7 Å². The van der Waals surface area contributed by atoms with E-state index in [1.54, 1.807) is 26.0 Å². The predicted octanol–water partition coefficient (Wildman–Crippen LogP) is 2.56. The molecule has 1 aromatic carbocycles. The minimum absolute atomic E-state index is 0.355. The van der Waals surface area contributed by atoms with Crippen LogP contribution in [-0.4, -0.2) is 12.3 Å². The van der Waals surface area contributed by atoms with Gasteiger partial charge in [0.05, 0.1) is 11.1 Å². The molecule has 0 atom stereocenters. The maximum absolute atomic E-state index is 11.7. The van der Waals surface area contributed by atoms with Gasteiger partial charge < -0.3 is 9.63 Å². The van der Waals surface area contributed by atoms with Crippen LogP contribution < -0.4 is 5.48 Å². The lowest BCUT2D eigenvalue weighted by atomic mass is 9.88. The van der Waals surface area contributed by atoms with Gasteiger partial charge in [-0.1, -0.05) is 18.2 Å². The molecule has 0 unspecified atom stereocenters. The van der Waals surface area contributed by atoms with Crippen LogP contribution in [0, 0.1) is 5.41 Å². The van der Waals surface area contributed by atoms with E-state index in [1.807, 2.05) is 18.2 Å². The van der Waals surface area contributed by atoms with Gasteiger partial charge in [-0.2, -0.15) is 0 Å². The van der Waals surface area contributed by atoms with E-state index >= 15 is 0 Å². The molecule has 0 aromatic heterocycles. The zero-order chi connectivity index (χ0) is 12.7. The van der Waals surface area contributed by atoms with Gasteiger partial charge in [0, 0.05) is 6.42 Å². The molecule has 0 saturated heterocycles. The minimum Gasteiger partial charge on any atom is -0.343 e. The maximum Gasteiger partial charge on any atom is 0.337 e. The Kier molecular flexibility index (Phi) is 4.69. The Hall–Kier alpha value is -1.84. The average molecular weight is 235 g/mol. The number of nitrogens with one attached hydrogen (secondary N) is 1. The Labute approximate surface area is 101 Å². The Morgan fingerprint density at radius 1 is 1.35 bits per heavy atom. The van der Waals surface area contributed by atoms with Crippen LogP contribution in [0.4, 0.5) is 5.69 Å². The monoisotopic (exact) mass is 235 g/mol. The van der Waals surface area contributed by atoms with Crippen LogP contribution in [0.3, 0.4) is 0 Å². The number of carbonyl (C=O) groups excluding carboxylic acids is 2. The summed E-state index contributed by atoms with van der Waals surface area (Å²) in [5.41, 5.74) is 2.64. The Bertz CT molecular complexity index is 374. The Morgan fingerprint density at radius 2 is 2.00 bits per heavy atom. The molecule has 4 heteroatoms. The number of aldehydes is 1. The number of para-hydroxylation sites is 1. The van der Waals surface area contributed by atoms with Crippen molar-refractivity contribution in [3.63, 3.8) is 0 Å². The first-order valence-electron chi connectivity index (χ1n) is 5.52. The number of benzene rings is 1. The van der Waals surface area contributed by atoms with Gasteiger partial charge in [-0.25, -0.2) is 10.3 Å². The molecular formula is C13H17NO3. The molecule has 0 amide bonds. The molecule has 4 nitrogen and oxygen atoms in total. The van der Waals surface area contributed by atoms with E-state index in [0.717, 1.165) is 6.29 Å². The SMILES string of the molecule is CC(C)(CCC=O)C(=O)ONc1ccccc1. The summed E-state index contributed by atoms with van der Waals surface area (Å²) < 4.78 is 0. The first-order valence-corrected chi connectivity index (χ1v) is 5.52. The van der Waals surface area contributed by atoms with Crippen LogP contribution in [0.2, 0.25) is 0 Å². The molecule has 0 heterocycles. The second-order valence-corrected chi connectivity index (χ2v) is 4.45. The summed E-state index contributed by atoms with van der Waals surface area (Å²) in [6.45, 7) is 3.51. The van der Waals surface area contributed by atoms with Crippen LogP contribution in [-0.2, 0) is 14.4 Å². The molecule has 0 saturated carbocycles. The molecular weight excluding hydrogens is 218 g/mol. The lowest BCUT2D eigenvalue weighted by molar-refractivity contribution is -0.151. The van der Waals surface area contributed by atoms with Crippen molar-refractivity contribution in [3.8, 4) is 0 Å². The molecule has 92 valence electrons. The molecule has 0 aliphatic heterocycles. The second kappa shape index (κ2) is 6.03. The molecule has 1 aromatic rings. The molecule has 1 N–H and O–H groups in total. The quantitative estimate of drug-likeness (QED) is 0.608. The van der Waals surface area contributed by atoms with Gasteiger partial charge in [0.15, 0.2) is 0 Å². The number of rotatable bonds is 6. The highest BCUT2D eigenvalue weighted by Crippen LogP contribution is 2.23. The van der Waals surface area contributed by atoms with E-state index < -0.39 is 5.41 Å². The third kappa shape index (κ3) is 4.26. The van der Waals surface area contributed by atoms with Crippen molar-refractivity contribution in [1.29, 1.82) is 0 Å². The summed E-state index contributed by atoms with van der Waals surface area (Å²) >= 11 is 0. The Balaban J connectivity index is 2.46. The highest BCUT2D eigenvalue weighted by Gasteiger charge is 2.29. The molecule has 1 rings (SSSR count). The van der Waals surface area contributed by atoms with Gasteiger partial charge in [0.2, 0.25) is 0 Å². The zero-order valence-electron chi connectivity index (χ0n) is 10.1. The molecule has 0 bridgehead atoms. The fourth-order valence-electron chi connectivity index (χ4n) is 1.27. The number of carbonyl (C=O) groups is 2. The number of hydrogen-bond donors (Lipinski definition) is 1. The summed E-state index contributed by atoms with van der Waals surface area (Å²) in [5.74, 6) is -0.372. The number of hydrogen-bond acceptors (Lipinski definition) is 4. The van der Waals surface area contributed by atoms with Crippen LogP contribution in [0.15, 0.2) is 30.3 Å². The van der Waals surface area contributed by atoms with Gasteiger partial charge in [-0.05, 0) is 32.4 Å². The van der Waals surface area contributed by atoms with Crippen LogP contribution in [0.5, 0.6) is 0 Å². The lowest BCUT2D eigenvalue weighted by Gasteiger charge is -2.21. The van der Waals surface area contributed by atoms with Gasteiger partial charge in [0.25, 0.3) is 0 Å². The van der Waals surface area contributed by atoms with E-state index in [9.17, 15) is 9.59 Å². The van der Waals surface area contributed by atoms with Crippen LogP contribution >= 0.6 is 0 Å². The molecule has 17 heavy (non-hydrogen) atoms. The largest absolute Gasteiger partial charge is 0.343 e. The first-order chi connectivity index (χ1) is 8.06. The van der Waals surface area contributed by atoms with Crippen molar-refractivity contribution in [2.75, 3.05) is 5.48 Å². The summed E-state index contributed by atoms with van der Waals surface area (Å²) in [6, 6.07) is 9.15. The van der Waals surface area contributed by atoms with Crippen LogP contribution in [0.25, 0.3) is 0 Å². The fourth-order valence-corrected chi connectivity index (χ4v) is 1.27.